The average molecular weight is 356 g/mol. The smallest absolute Gasteiger partial charge is 0.278 e. The van der Waals surface area contributed by atoms with Gasteiger partial charge in [-0.15, -0.1) is 0 Å². The quantitative estimate of drug-likeness (QED) is 0.837. The number of carbonyl (C=O) groups is 2. The van der Waals surface area contributed by atoms with Gasteiger partial charge >= 0.3 is 0 Å². The summed E-state index contributed by atoms with van der Waals surface area (Å²) in [7, 11) is 0. The van der Waals surface area contributed by atoms with E-state index in [-0.39, 0.29) is 28.8 Å². The molecule has 0 spiro atoms. The van der Waals surface area contributed by atoms with Gasteiger partial charge in [-0.1, -0.05) is 23.2 Å². The zero-order valence-corrected chi connectivity index (χ0v) is 13.3. The molecule has 8 heteroatoms. The Labute approximate surface area is 141 Å². The molecule has 2 amide bonds. The van der Waals surface area contributed by atoms with E-state index >= 15 is 0 Å². The molecule has 0 aliphatic rings. The van der Waals surface area contributed by atoms with Crippen molar-refractivity contribution in [3.63, 3.8) is 0 Å². The maximum Gasteiger partial charge on any atom is 0.278 e. The predicted molar refractivity (Wildman–Crippen MR) is 86.1 cm³/mol. The Bertz CT molecular complexity index is 738. The highest BCUT2D eigenvalue weighted by Crippen LogP contribution is 2.23. The van der Waals surface area contributed by atoms with Crippen LogP contribution >= 0.6 is 23.2 Å². The third kappa shape index (κ3) is 4.40. The largest absolute Gasteiger partial charge is 0.370 e. The monoisotopic (exact) mass is 355 g/mol. The average Bonchev–Trinajstić information content (AvgIpc) is 2.51. The Kier molecular flexibility index (Phi) is 5.52. The summed E-state index contributed by atoms with van der Waals surface area (Å²) in [6, 6.07) is 8.12. The molecular weight excluding hydrogens is 344 g/mol. The first-order valence-corrected chi connectivity index (χ1v) is 7.32. The van der Waals surface area contributed by atoms with Crippen LogP contribution in [0.3, 0.4) is 0 Å². The molecule has 0 unspecified atom stereocenters. The van der Waals surface area contributed by atoms with E-state index in [9.17, 15) is 14.0 Å². The zero-order chi connectivity index (χ0) is 17.0. The summed E-state index contributed by atoms with van der Waals surface area (Å²) in [5.74, 6) is -1.59. The number of hydrogen-bond donors (Lipinski definition) is 1. The van der Waals surface area contributed by atoms with Crippen LogP contribution < -0.4 is 10.6 Å². The van der Waals surface area contributed by atoms with Gasteiger partial charge in [0.15, 0.2) is 0 Å². The molecule has 0 fully saturated rings. The second kappa shape index (κ2) is 7.39. The highest BCUT2D eigenvalue weighted by Gasteiger charge is 2.22. The molecule has 0 aliphatic carbocycles. The van der Waals surface area contributed by atoms with E-state index in [4.69, 9.17) is 28.9 Å². The fraction of sp³-hybridized carbons (Fsp3) is 0.133. The molecule has 2 rings (SSSR count). The number of rotatable bonds is 5. The lowest BCUT2D eigenvalue weighted by Crippen LogP contribution is -2.34. The van der Waals surface area contributed by atoms with Crippen LogP contribution in [0.4, 0.5) is 10.1 Å². The molecule has 0 aliphatic heterocycles. The highest BCUT2D eigenvalue weighted by atomic mass is 35.5. The minimum atomic E-state index is -0.574. The molecule has 1 aromatic carbocycles. The second-order valence-corrected chi connectivity index (χ2v) is 5.41. The number of amides is 2. The third-order valence-corrected chi connectivity index (χ3v) is 3.50. The Morgan fingerprint density at radius 3 is 2.39 bits per heavy atom. The molecule has 5 nitrogen and oxygen atoms in total. The van der Waals surface area contributed by atoms with Gasteiger partial charge in [0.2, 0.25) is 5.91 Å². The van der Waals surface area contributed by atoms with Gasteiger partial charge in [0.25, 0.3) is 5.91 Å². The minimum absolute atomic E-state index is 0.00429. The van der Waals surface area contributed by atoms with Crippen LogP contribution in [0.15, 0.2) is 36.4 Å². The lowest BCUT2D eigenvalue weighted by molar-refractivity contribution is -0.117. The molecule has 0 saturated heterocycles. The van der Waals surface area contributed by atoms with Crippen LogP contribution in [0, 0.1) is 5.82 Å². The van der Waals surface area contributed by atoms with Crippen LogP contribution in [0.1, 0.15) is 16.9 Å². The first-order chi connectivity index (χ1) is 10.9. The number of primary amides is 1. The second-order valence-electron chi connectivity index (χ2n) is 4.61. The Balaban J connectivity index is 2.39. The van der Waals surface area contributed by atoms with E-state index in [0.717, 1.165) is 0 Å². The van der Waals surface area contributed by atoms with Crippen LogP contribution in [-0.2, 0) is 4.79 Å². The first kappa shape index (κ1) is 17.2. The highest BCUT2D eigenvalue weighted by molar-refractivity contribution is 6.35. The van der Waals surface area contributed by atoms with Crippen molar-refractivity contribution in [3.05, 3.63) is 58.1 Å². The first-order valence-electron chi connectivity index (χ1n) is 6.56. The van der Waals surface area contributed by atoms with Crippen molar-refractivity contribution in [3.8, 4) is 0 Å². The van der Waals surface area contributed by atoms with Gasteiger partial charge in [-0.25, -0.2) is 9.37 Å². The summed E-state index contributed by atoms with van der Waals surface area (Å²) in [5.41, 5.74) is 5.46. The Morgan fingerprint density at radius 1 is 1.13 bits per heavy atom. The number of halogens is 3. The van der Waals surface area contributed by atoms with Gasteiger partial charge in [-0.05, 0) is 36.4 Å². The van der Waals surface area contributed by atoms with Crippen molar-refractivity contribution in [2.24, 2.45) is 5.73 Å². The van der Waals surface area contributed by atoms with Gasteiger partial charge in [-0.2, -0.15) is 0 Å². The van der Waals surface area contributed by atoms with E-state index in [1.807, 2.05) is 0 Å². The van der Waals surface area contributed by atoms with Gasteiger partial charge in [0.1, 0.15) is 16.7 Å². The molecule has 23 heavy (non-hydrogen) atoms. The normalized spacial score (nSPS) is 10.4. The maximum absolute atomic E-state index is 13.1. The van der Waals surface area contributed by atoms with E-state index in [0.29, 0.717) is 5.69 Å². The van der Waals surface area contributed by atoms with Crippen molar-refractivity contribution >= 4 is 40.7 Å². The molecule has 0 radical (unpaired) electrons. The molecular formula is C15H12Cl2FN3O2. The standard InChI is InChI=1S/C15H12Cl2FN3O2/c16-11-5-6-12(17)20-14(11)15(23)21(8-7-13(19)22)10-3-1-9(18)2-4-10/h1-6H,7-8H2,(H2,19,22). The van der Waals surface area contributed by atoms with Crippen molar-refractivity contribution in [2.75, 3.05) is 11.4 Å². The molecule has 0 bridgehead atoms. The number of aromatic nitrogens is 1. The summed E-state index contributed by atoms with van der Waals surface area (Å²) in [5, 5.41) is 0.220. The van der Waals surface area contributed by atoms with Gasteiger partial charge in [-0.3, -0.25) is 9.59 Å². The number of nitrogens with two attached hydrogens (primary N) is 1. The summed E-state index contributed by atoms with van der Waals surface area (Å²) < 4.78 is 13.1. The number of pyridine rings is 1. The van der Waals surface area contributed by atoms with E-state index < -0.39 is 17.6 Å². The fourth-order valence-electron chi connectivity index (χ4n) is 1.89. The lowest BCUT2D eigenvalue weighted by atomic mass is 10.2. The van der Waals surface area contributed by atoms with Crippen LogP contribution in [0.5, 0.6) is 0 Å². The van der Waals surface area contributed by atoms with Crippen molar-refractivity contribution in [1.29, 1.82) is 0 Å². The van der Waals surface area contributed by atoms with Crippen molar-refractivity contribution < 1.29 is 14.0 Å². The van der Waals surface area contributed by atoms with E-state index in [2.05, 4.69) is 4.98 Å². The SMILES string of the molecule is NC(=O)CCN(C(=O)c1nc(Cl)ccc1Cl)c1ccc(F)cc1. The number of hydrogen-bond acceptors (Lipinski definition) is 3. The summed E-state index contributed by atoms with van der Waals surface area (Å²) >= 11 is 11.8. The predicted octanol–water partition coefficient (Wildman–Crippen LogP) is 3.05. The Hall–Kier alpha value is -2.18. The van der Waals surface area contributed by atoms with Crippen LogP contribution in [-0.4, -0.2) is 23.3 Å². The maximum atomic E-state index is 13.1. The van der Waals surface area contributed by atoms with Crippen molar-refractivity contribution in [2.45, 2.75) is 6.42 Å². The Morgan fingerprint density at radius 2 is 1.78 bits per heavy atom. The number of carbonyl (C=O) groups excluding carboxylic acids is 2. The van der Waals surface area contributed by atoms with Gasteiger partial charge < -0.3 is 10.6 Å². The summed E-state index contributed by atoms with van der Waals surface area (Å²) in [6.45, 7) is 0.00429. The molecule has 1 heterocycles. The van der Waals surface area contributed by atoms with Gasteiger partial charge in [0, 0.05) is 18.7 Å². The number of anilines is 1. The lowest BCUT2D eigenvalue weighted by Gasteiger charge is -2.22. The summed E-state index contributed by atoms with van der Waals surface area (Å²) in [4.78, 5) is 28.9. The van der Waals surface area contributed by atoms with E-state index in [1.165, 1.54) is 41.3 Å². The fourth-order valence-corrected chi connectivity index (χ4v) is 2.22. The zero-order valence-electron chi connectivity index (χ0n) is 11.8. The molecule has 0 atom stereocenters. The van der Waals surface area contributed by atoms with Crippen LogP contribution in [0.2, 0.25) is 10.2 Å². The summed E-state index contributed by atoms with van der Waals surface area (Å²) in [6.07, 6.45) is -0.0682. The third-order valence-electron chi connectivity index (χ3n) is 2.98. The molecule has 2 N–H and O–H groups in total. The molecule has 1 aromatic heterocycles. The van der Waals surface area contributed by atoms with Crippen molar-refractivity contribution in [1.82, 2.24) is 4.98 Å². The topological polar surface area (TPSA) is 76.3 Å². The van der Waals surface area contributed by atoms with Gasteiger partial charge in [0.05, 0.1) is 5.02 Å². The van der Waals surface area contributed by atoms with Crippen LogP contribution in [0.25, 0.3) is 0 Å². The minimum Gasteiger partial charge on any atom is -0.370 e. The number of benzene rings is 1. The molecule has 120 valence electrons. The molecule has 2 aromatic rings. The number of nitrogens with zero attached hydrogens (tertiary/aromatic N) is 2. The van der Waals surface area contributed by atoms with E-state index in [1.54, 1.807) is 0 Å². The molecule has 0 saturated carbocycles.